The fraction of sp³-hybridized carbons (Fsp3) is 0.188. The first kappa shape index (κ1) is 13.5. The monoisotopic (exact) mass is 314 g/mol. The molecule has 6 heteroatoms. The SMILES string of the molecule is O=S(=O)(c1ccc2ncoc2c1)N1CCc2ccccc2C1. The van der Waals surface area contributed by atoms with Crippen LogP contribution in [0, 0.1) is 0 Å². The summed E-state index contributed by atoms with van der Waals surface area (Å²) in [6, 6.07) is 12.8. The van der Waals surface area contributed by atoms with Gasteiger partial charge in [0.15, 0.2) is 12.0 Å². The molecule has 0 saturated heterocycles. The molecule has 22 heavy (non-hydrogen) atoms. The number of hydrogen-bond donors (Lipinski definition) is 0. The maximum absolute atomic E-state index is 12.8. The maximum Gasteiger partial charge on any atom is 0.243 e. The zero-order valence-corrected chi connectivity index (χ0v) is 12.6. The third kappa shape index (κ3) is 2.12. The summed E-state index contributed by atoms with van der Waals surface area (Å²) in [5.41, 5.74) is 3.43. The zero-order valence-electron chi connectivity index (χ0n) is 11.8. The summed E-state index contributed by atoms with van der Waals surface area (Å²) >= 11 is 0. The second-order valence-electron chi connectivity index (χ2n) is 5.34. The van der Waals surface area contributed by atoms with Crippen LogP contribution in [0.4, 0.5) is 0 Å². The quantitative estimate of drug-likeness (QED) is 0.729. The van der Waals surface area contributed by atoms with Crippen LogP contribution in [0.25, 0.3) is 11.1 Å². The standard InChI is InChI=1S/C16H14N2O3S/c19-22(20,14-5-6-15-16(9-14)21-11-17-15)18-8-7-12-3-1-2-4-13(12)10-18/h1-6,9,11H,7-8,10H2. The zero-order chi connectivity index (χ0) is 15.2. The van der Waals surface area contributed by atoms with Crippen LogP contribution >= 0.6 is 0 Å². The summed E-state index contributed by atoms with van der Waals surface area (Å²) < 4.78 is 32.4. The molecule has 2 heterocycles. The predicted octanol–water partition coefficient (Wildman–Crippen LogP) is 2.57. The number of aromatic nitrogens is 1. The molecule has 0 radical (unpaired) electrons. The highest BCUT2D eigenvalue weighted by Crippen LogP contribution is 2.26. The van der Waals surface area contributed by atoms with Crippen molar-refractivity contribution in [2.75, 3.05) is 6.54 Å². The Kier molecular flexibility index (Phi) is 3.02. The van der Waals surface area contributed by atoms with Gasteiger partial charge in [0.1, 0.15) is 5.52 Å². The van der Waals surface area contributed by atoms with Crippen molar-refractivity contribution < 1.29 is 12.8 Å². The van der Waals surface area contributed by atoms with Gasteiger partial charge in [0.2, 0.25) is 10.0 Å². The molecule has 1 aromatic heterocycles. The number of oxazole rings is 1. The first-order valence-corrected chi connectivity index (χ1v) is 8.49. The van der Waals surface area contributed by atoms with Crippen LogP contribution in [-0.4, -0.2) is 24.3 Å². The molecule has 3 aromatic rings. The van der Waals surface area contributed by atoms with Crippen molar-refractivity contribution in [3.05, 3.63) is 60.0 Å². The van der Waals surface area contributed by atoms with E-state index in [9.17, 15) is 8.42 Å². The molecule has 1 aliphatic heterocycles. The lowest BCUT2D eigenvalue weighted by Crippen LogP contribution is -2.35. The second kappa shape index (κ2) is 4.93. The second-order valence-corrected chi connectivity index (χ2v) is 7.28. The number of benzene rings is 2. The van der Waals surface area contributed by atoms with Gasteiger partial charge in [-0.3, -0.25) is 0 Å². The first-order valence-electron chi connectivity index (χ1n) is 7.05. The van der Waals surface area contributed by atoms with Gasteiger partial charge in [0.05, 0.1) is 4.90 Å². The van der Waals surface area contributed by atoms with Crippen molar-refractivity contribution in [3.8, 4) is 0 Å². The van der Waals surface area contributed by atoms with Crippen LogP contribution in [0.2, 0.25) is 0 Å². The van der Waals surface area contributed by atoms with Crippen molar-refractivity contribution in [2.45, 2.75) is 17.9 Å². The van der Waals surface area contributed by atoms with Crippen molar-refractivity contribution in [2.24, 2.45) is 0 Å². The average Bonchev–Trinajstić information content (AvgIpc) is 3.02. The maximum atomic E-state index is 12.8. The highest BCUT2D eigenvalue weighted by Gasteiger charge is 2.28. The molecule has 0 spiro atoms. The Morgan fingerprint density at radius 1 is 1.09 bits per heavy atom. The number of hydrogen-bond acceptors (Lipinski definition) is 4. The Hall–Kier alpha value is -2.18. The van der Waals surface area contributed by atoms with Crippen LogP contribution in [0.15, 0.2) is 58.2 Å². The summed E-state index contributed by atoms with van der Waals surface area (Å²) in [6.07, 6.45) is 2.05. The molecule has 112 valence electrons. The van der Waals surface area contributed by atoms with Crippen LogP contribution in [-0.2, 0) is 23.0 Å². The smallest absolute Gasteiger partial charge is 0.243 e. The normalized spacial score (nSPS) is 15.8. The molecule has 0 bridgehead atoms. The number of nitrogens with zero attached hydrogens (tertiary/aromatic N) is 2. The average molecular weight is 314 g/mol. The van der Waals surface area contributed by atoms with Crippen molar-refractivity contribution in [1.29, 1.82) is 0 Å². The minimum atomic E-state index is -3.53. The van der Waals surface area contributed by atoms with Gasteiger partial charge in [-0.15, -0.1) is 0 Å². The minimum absolute atomic E-state index is 0.246. The van der Waals surface area contributed by atoms with E-state index in [0.717, 1.165) is 12.0 Å². The topological polar surface area (TPSA) is 63.4 Å². The lowest BCUT2D eigenvalue weighted by atomic mass is 10.0. The fourth-order valence-electron chi connectivity index (χ4n) is 2.82. The molecule has 0 unspecified atom stereocenters. The summed E-state index contributed by atoms with van der Waals surface area (Å²) in [5.74, 6) is 0. The Morgan fingerprint density at radius 3 is 2.77 bits per heavy atom. The van der Waals surface area contributed by atoms with Gasteiger partial charge >= 0.3 is 0 Å². The van der Waals surface area contributed by atoms with Crippen LogP contribution in [0.3, 0.4) is 0 Å². The van der Waals surface area contributed by atoms with Gasteiger partial charge in [-0.05, 0) is 29.7 Å². The summed E-state index contributed by atoms with van der Waals surface area (Å²) in [7, 11) is -3.53. The molecule has 0 amide bonds. The number of sulfonamides is 1. The van der Waals surface area contributed by atoms with Gasteiger partial charge in [-0.2, -0.15) is 4.31 Å². The molecule has 0 saturated carbocycles. The Balaban J connectivity index is 1.72. The summed E-state index contributed by atoms with van der Waals surface area (Å²) in [5, 5.41) is 0. The van der Waals surface area contributed by atoms with Gasteiger partial charge in [0.25, 0.3) is 0 Å². The molecule has 1 aliphatic rings. The molecule has 5 nitrogen and oxygen atoms in total. The lowest BCUT2D eigenvalue weighted by Gasteiger charge is -2.28. The molecule has 0 aliphatic carbocycles. The van der Waals surface area contributed by atoms with E-state index >= 15 is 0 Å². The Labute approximate surface area is 128 Å². The molecule has 2 aromatic carbocycles. The lowest BCUT2D eigenvalue weighted by molar-refractivity contribution is 0.391. The van der Waals surface area contributed by atoms with Gasteiger partial charge in [0, 0.05) is 19.2 Å². The van der Waals surface area contributed by atoms with E-state index in [-0.39, 0.29) is 4.90 Å². The van der Waals surface area contributed by atoms with Gasteiger partial charge < -0.3 is 4.42 Å². The van der Waals surface area contributed by atoms with E-state index in [2.05, 4.69) is 11.1 Å². The number of rotatable bonds is 2. The van der Waals surface area contributed by atoms with Crippen molar-refractivity contribution in [1.82, 2.24) is 9.29 Å². The first-order chi connectivity index (χ1) is 10.6. The van der Waals surface area contributed by atoms with E-state index in [1.54, 1.807) is 12.1 Å². The number of fused-ring (bicyclic) bond motifs is 2. The fourth-order valence-corrected chi connectivity index (χ4v) is 4.25. The molecule has 4 rings (SSSR count). The molecular formula is C16H14N2O3S. The minimum Gasteiger partial charge on any atom is -0.443 e. The van der Waals surface area contributed by atoms with Gasteiger partial charge in [-0.1, -0.05) is 24.3 Å². The van der Waals surface area contributed by atoms with Crippen LogP contribution in [0.5, 0.6) is 0 Å². The van der Waals surface area contributed by atoms with Crippen molar-refractivity contribution in [3.63, 3.8) is 0 Å². The third-order valence-electron chi connectivity index (χ3n) is 4.04. The largest absolute Gasteiger partial charge is 0.443 e. The predicted molar refractivity (Wildman–Crippen MR) is 81.8 cm³/mol. The van der Waals surface area contributed by atoms with Crippen molar-refractivity contribution >= 4 is 21.1 Å². The van der Waals surface area contributed by atoms with Crippen LogP contribution < -0.4 is 0 Å². The van der Waals surface area contributed by atoms with Gasteiger partial charge in [-0.25, -0.2) is 13.4 Å². The highest BCUT2D eigenvalue weighted by atomic mass is 32.2. The third-order valence-corrected chi connectivity index (χ3v) is 5.88. The Morgan fingerprint density at radius 2 is 1.91 bits per heavy atom. The molecule has 0 N–H and O–H groups in total. The molecule has 0 fully saturated rings. The van der Waals surface area contributed by atoms with Crippen LogP contribution in [0.1, 0.15) is 11.1 Å². The Bertz CT molecular complexity index is 947. The van der Waals surface area contributed by atoms with E-state index in [4.69, 9.17) is 4.42 Å². The molecular weight excluding hydrogens is 300 g/mol. The highest BCUT2D eigenvalue weighted by molar-refractivity contribution is 7.89. The van der Waals surface area contributed by atoms with E-state index in [0.29, 0.717) is 24.2 Å². The summed E-state index contributed by atoms with van der Waals surface area (Å²) in [4.78, 5) is 4.26. The summed E-state index contributed by atoms with van der Waals surface area (Å²) in [6.45, 7) is 0.904. The molecule has 0 atom stereocenters. The van der Waals surface area contributed by atoms with E-state index < -0.39 is 10.0 Å². The van der Waals surface area contributed by atoms with E-state index in [1.807, 2.05) is 18.2 Å². The van der Waals surface area contributed by atoms with E-state index in [1.165, 1.54) is 22.3 Å².